The molecule has 26 heavy (non-hydrogen) atoms. The number of hydrogen-bond acceptors (Lipinski definition) is 5. The van der Waals surface area contributed by atoms with Crippen LogP contribution in [0.1, 0.15) is 16.2 Å². The fourth-order valence-corrected chi connectivity index (χ4v) is 2.97. The van der Waals surface area contributed by atoms with Crippen molar-refractivity contribution < 1.29 is 14.3 Å². The van der Waals surface area contributed by atoms with Gasteiger partial charge in [0, 0.05) is 12.7 Å². The van der Waals surface area contributed by atoms with E-state index in [1.165, 1.54) is 0 Å². The van der Waals surface area contributed by atoms with Gasteiger partial charge >= 0.3 is 0 Å². The SMILES string of the molecule is COc1ncccc1N1CCn2nc(COc3ccccc3)cc2C1=O. The zero-order valence-corrected chi connectivity index (χ0v) is 14.3. The number of aromatic nitrogens is 3. The van der Waals surface area contributed by atoms with Crippen molar-refractivity contribution >= 4 is 11.6 Å². The molecule has 0 N–H and O–H groups in total. The van der Waals surface area contributed by atoms with Crippen molar-refractivity contribution in [3.05, 3.63) is 66.1 Å². The maximum atomic E-state index is 12.9. The van der Waals surface area contributed by atoms with Crippen LogP contribution in [0.3, 0.4) is 0 Å². The number of nitrogens with zero attached hydrogens (tertiary/aromatic N) is 4. The number of carbonyl (C=O) groups is 1. The Morgan fingerprint density at radius 2 is 1.96 bits per heavy atom. The molecule has 0 atom stereocenters. The molecule has 0 spiro atoms. The zero-order chi connectivity index (χ0) is 17.9. The standard InChI is InChI=1S/C19H18N4O3/c1-25-18-16(8-5-9-20-18)22-10-11-23-17(19(22)24)12-14(21-23)13-26-15-6-3-2-4-7-15/h2-9,12H,10-11,13H2,1H3. The molecule has 1 aliphatic heterocycles. The van der Waals surface area contributed by atoms with Crippen LogP contribution in [0.4, 0.5) is 5.69 Å². The minimum Gasteiger partial charge on any atom is -0.487 e. The Morgan fingerprint density at radius 1 is 1.12 bits per heavy atom. The van der Waals surface area contributed by atoms with Gasteiger partial charge < -0.3 is 14.4 Å². The van der Waals surface area contributed by atoms with Gasteiger partial charge in [-0.25, -0.2) is 4.98 Å². The number of ether oxygens (including phenoxy) is 2. The van der Waals surface area contributed by atoms with Gasteiger partial charge in [0.05, 0.1) is 13.7 Å². The maximum absolute atomic E-state index is 12.9. The lowest BCUT2D eigenvalue weighted by Crippen LogP contribution is -2.40. The Bertz CT molecular complexity index is 924. The molecule has 7 nitrogen and oxygen atoms in total. The third kappa shape index (κ3) is 2.99. The molecule has 1 amide bonds. The molecule has 1 aliphatic rings. The first-order valence-electron chi connectivity index (χ1n) is 8.31. The van der Waals surface area contributed by atoms with Crippen molar-refractivity contribution in [2.45, 2.75) is 13.2 Å². The van der Waals surface area contributed by atoms with Crippen LogP contribution in [-0.2, 0) is 13.2 Å². The van der Waals surface area contributed by atoms with Crippen LogP contribution in [0.5, 0.6) is 11.6 Å². The number of pyridine rings is 1. The third-order valence-electron chi connectivity index (χ3n) is 4.20. The lowest BCUT2D eigenvalue weighted by molar-refractivity contribution is 0.0961. The largest absolute Gasteiger partial charge is 0.487 e. The van der Waals surface area contributed by atoms with Gasteiger partial charge in [0.1, 0.15) is 29.4 Å². The fraction of sp³-hybridized carbons (Fsp3) is 0.211. The maximum Gasteiger partial charge on any atom is 0.276 e. The summed E-state index contributed by atoms with van der Waals surface area (Å²) in [6.45, 7) is 1.42. The van der Waals surface area contributed by atoms with Gasteiger partial charge in [-0.2, -0.15) is 5.10 Å². The van der Waals surface area contributed by atoms with Gasteiger partial charge in [0.2, 0.25) is 5.88 Å². The molecule has 0 bridgehead atoms. The van der Waals surface area contributed by atoms with E-state index in [-0.39, 0.29) is 5.91 Å². The lowest BCUT2D eigenvalue weighted by Gasteiger charge is -2.28. The van der Waals surface area contributed by atoms with Crippen molar-refractivity contribution in [1.29, 1.82) is 0 Å². The average Bonchev–Trinajstić information content (AvgIpc) is 3.12. The normalized spacial score (nSPS) is 13.4. The second-order valence-corrected chi connectivity index (χ2v) is 5.83. The first-order valence-corrected chi connectivity index (χ1v) is 8.31. The van der Waals surface area contributed by atoms with Crippen LogP contribution in [-0.4, -0.2) is 34.3 Å². The molecule has 4 rings (SSSR count). The van der Waals surface area contributed by atoms with Gasteiger partial charge in [0.25, 0.3) is 5.91 Å². The smallest absolute Gasteiger partial charge is 0.276 e. The van der Waals surface area contributed by atoms with Crippen LogP contribution in [0, 0.1) is 0 Å². The molecule has 0 fully saturated rings. The number of benzene rings is 1. The van der Waals surface area contributed by atoms with Crippen molar-refractivity contribution in [2.24, 2.45) is 0 Å². The number of rotatable bonds is 5. The van der Waals surface area contributed by atoms with Gasteiger partial charge in [0.15, 0.2) is 0 Å². The molecule has 2 aromatic heterocycles. The Morgan fingerprint density at radius 3 is 2.77 bits per heavy atom. The quantitative estimate of drug-likeness (QED) is 0.707. The summed E-state index contributed by atoms with van der Waals surface area (Å²) in [6.07, 6.45) is 1.64. The molecule has 1 aromatic carbocycles. The minimum atomic E-state index is -0.124. The van der Waals surface area contributed by atoms with Crippen molar-refractivity contribution in [3.63, 3.8) is 0 Å². The molecule has 0 unspecified atom stereocenters. The summed E-state index contributed by atoms with van der Waals surface area (Å²) in [5, 5.41) is 4.48. The van der Waals surface area contributed by atoms with Crippen LogP contribution >= 0.6 is 0 Å². The monoisotopic (exact) mass is 350 g/mol. The van der Waals surface area contributed by atoms with Crippen LogP contribution in [0.15, 0.2) is 54.7 Å². The third-order valence-corrected chi connectivity index (χ3v) is 4.20. The summed E-state index contributed by atoms with van der Waals surface area (Å²) < 4.78 is 12.7. The van der Waals surface area contributed by atoms with E-state index < -0.39 is 0 Å². The molecule has 3 heterocycles. The number of hydrogen-bond donors (Lipinski definition) is 0. The first-order chi connectivity index (χ1) is 12.8. The van der Waals surface area contributed by atoms with E-state index in [4.69, 9.17) is 9.47 Å². The summed E-state index contributed by atoms with van der Waals surface area (Å²) in [6, 6.07) is 14.9. The van der Waals surface area contributed by atoms with Crippen molar-refractivity contribution in [2.75, 3.05) is 18.6 Å². The number of fused-ring (bicyclic) bond motifs is 1. The van der Waals surface area contributed by atoms with Crippen molar-refractivity contribution in [3.8, 4) is 11.6 Å². The molecule has 0 saturated carbocycles. The topological polar surface area (TPSA) is 69.5 Å². The summed E-state index contributed by atoms with van der Waals surface area (Å²) >= 11 is 0. The van der Waals surface area contributed by atoms with Crippen molar-refractivity contribution in [1.82, 2.24) is 14.8 Å². The highest BCUT2D eigenvalue weighted by atomic mass is 16.5. The number of anilines is 1. The number of amides is 1. The van der Waals surface area contributed by atoms with E-state index >= 15 is 0 Å². The highest BCUT2D eigenvalue weighted by Crippen LogP contribution is 2.28. The van der Waals surface area contributed by atoms with Gasteiger partial charge in [-0.05, 0) is 30.3 Å². The molecular weight excluding hydrogens is 332 g/mol. The van der Waals surface area contributed by atoms with Crippen LogP contribution in [0.2, 0.25) is 0 Å². The Balaban J connectivity index is 1.54. The summed E-state index contributed by atoms with van der Waals surface area (Å²) in [5.74, 6) is 1.08. The second kappa shape index (κ2) is 6.87. The minimum absolute atomic E-state index is 0.124. The summed E-state index contributed by atoms with van der Waals surface area (Å²) in [7, 11) is 1.55. The average molecular weight is 350 g/mol. The zero-order valence-electron chi connectivity index (χ0n) is 14.3. The predicted octanol–water partition coefficient (Wildman–Crippen LogP) is 2.53. The van der Waals surface area contributed by atoms with Gasteiger partial charge in [-0.3, -0.25) is 9.48 Å². The lowest BCUT2D eigenvalue weighted by atomic mass is 10.2. The Hall–Kier alpha value is -3.35. The summed E-state index contributed by atoms with van der Waals surface area (Å²) in [4.78, 5) is 18.8. The highest BCUT2D eigenvalue weighted by Gasteiger charge is 2.29. The number of methoxy groups -OCH3 is 1. The van der Waals surface area contributed by atoms with Gasteiger partial charge in [-0.15, -0.1) is 0 Å². The number of carbonyl (C=O) groups excluding carboxylic acids is 1. The van der Waals surface area contributed by atoms with E-state index in [0.29, 0.717) is 37.0 Å². The molecule has 0 saturated heterocycles. The first kappa shape index (κ1) is 16.1. The second-order valence-electron chi connectivity index (χ2n) is 5.83. The molecule has 0 aliphatic carbocycles. The van der Waals surface area contributed by atoms with E-state index in [2.05, 4.69) is 10.1 Å². The Labute approximate surface area is 150 Å². The van der Waals surface area contributed by atoms with Crippen LogP contribution in [0.25, 0.3) is 0 Å². The van der Waals surface area contributed by atoms with E-state index in [9.17, 15) is 4.79 Å². The molecule has 0 radical (unpaired) electrons. The highest BCUT2D eigenvalue weighted by molar-refractivity contribution is 6.06. The molecule has 132 valence electrons. The van der Waals surface area contributed by atoms with Gasteiger partial charge in [-0.1, -0.05) is 18.2 Å². The van der Waals surface area contributed by atoms with Crippen LogP contribution < -0.4 is 14.4 Å². The molecule has 7 heteroatoms. The molecule has 3 aromatic rings. The van der Waals surface area contributed by atoms with E-state index in [1.54, 1.807) is 35.0 Å². The summed E-state index contributed by atoms with van der Waals surface area (Å²) in [5.41, 5.74) is 1.92. The van der Waals surface area contributed by atoms with E-state index in [0.717, 1.165) is 11.4 Å². The molecular formula is C19H18N4O3. The number of para-hydroxylation sites is 1. The Kier molecular flexibility index (Phi) is 4.27. The predicted molar refractivity (Wildman–Crippen MR) is 95.5 cm³/mol. The fourth-order valence-electron chi connectivity index (χ4n) is 2.97. The van der Waals surface area contributed by atoms with E-state index in [1.807, 2.05) is 36.4 Å².